The summed E-state index contributed by atoms with van der Waals surface area (Å²) in [5, 5.41) is 44.6. The van der Waals surface area contributed by atoms with E-state index in [-0.39, 0.29) is 94.1 Å². The molecule has 22 nitrogen and oxygen atoms in total. The molecule has 2 amide bonds. The monoisotopic (exact) mass is 1170 g/mol. The molecule has 5 aromatic rings. The number of likely N-dealkylation sites (N-methyl/N-ethyl adjacent to an activating group) is 2. The van der Waals surface area contributed by atoms with E-state index in [0.717, 1.165) is 44.5 Å². The summed E-state index contributed by atoms with van der Waals surface area (Å²) in [4.78, 5) is 37.7. The Balaban J connectivity index is 0.000000164. The molecule has 0 spiro atoms. The lowest BCUT2D eigenvalue weighted by Gasteiger charge is -2.60. The third kappa shape index (κ3) is 8.14. The second kappa shape index (κ2) is 21.7. The topological polar surface area (TPSA) is 257 Å². The van der Waals surface area contributed by atoms with Gasteiger partial charge in [-0.1, -0.05) is 24.3 Å². The number of fused-ring (bicyclic) bond motifs is 19. The van der Waals surface area contributed by atoms with Crippen molar-refractivity contribution >= 4 is 11.8 Å². The number of amides is 2. The van der Waals surface area contributed by atoms with Crippen molar-refractivity contribution in [2.24, 2.45) is 5.73 Å². The van der Waals surface area contributed by atoms with Gasteiger partial charge in [-0.2, -0.15) is 10.5 Å². The lowest BCUT2D eigenvalue weighted by molar-refractivity contribution is -0.0766. The Morgan fingerprint density at radius 3 is 1.42 bits per heavy atom. The van der Waals surface area contributed by atoms with E-state index in [2.05, 4.69) is 50.9 Å². The van der Waals surface area contributed by atoms with E-state index in [4.69, 9.17) is 53.1 Å². The molecular weight excluding hydrogens is 1100 g/mol. The third-order valence-corrected chi connectivity index (χ3v) is 19.6. The average molecular weight is 1180 g/mol. The van der Waals surface area contributed by atoms with Crippen LogP contribution in [0.5, 0.6) is 57.5 Å². The molecule has 2 saturated heterocycles. The van der Waals surface area contributed by atoms with Crippen molar-refractivity contribution in [1.82, 2.24) is 24.5 Å². The van der Waals surface area contributed by atoms with Gasteiger partial charge in [0.25, 0.3) is 11.8 Å². The predicted octanol–water partition coefficient (Wildman–Crippen LogP) is 6.26. The van der Waals surface area contributed by atoms with Gasteiger partial charge < -0.3 is 63.3 Å². The molecule has 4 bridgehead atoms. The number of rotatable bonds is 11. The lowest BCUT2D eigenvalue weighted by Crippen LogP contribution is -2.69. The zero-order valence-corrected chi connectivity index (χ0v) is 49.8. The van der Waals surface area contributed by atoms with E-state index in [1.165, 1.54) is 4.90 Å². The van der Waals surface area contributed by atoms with Crippen LogP contribution in [0, 0.1) is 50.4 Å². The lowest BCUT2D eigenvalue weighted by atomic mass is 9.71. The molecule has 4 N–H and O–H groups in total. The molecule has 2 fully saturated rings. The first-order valence-corrected chi connectivity index (χ1v) is 28.9. The molecule has 14 rings (SSSR count). The van der Waals surface area contributed by atoms with Crippen LogP contribution < -0.4 is 43.6 Å². The number of phenols is 2. The summed E-state index contributed by atoms with van der Waals surface area (Å²) < 4.78 is 58.3. The molecule has 9 aliphatic heterocycles. The molecule has 0 saturated carbocycles. The number of nitrogens with zero attached hydrogens (tertiary/aromatic N) is 7. The van der Waals surface area contributed by atoms with E-state index < -0.39 is 29.9 Å². The Morgan fingerprint density at radius 2 is 1.01 bits per heavy atom. The van der Waals surface area contributed by atoms with Crippen molar-refractivity contribution < 1.29 is 67.2 Å². The number of benzene rings is 5. The summed E-state index contributed by atoms with van der Waals surface area (Å²) in [6.07, 6.45) is 2.10. The largest absolute Gasteiger partial charge is 0.507 e. The number of piperazine rings is 2. The quantitative estimate of drug-likeness (QED) is 0.0975. The van der Waals surface area contributed by atoms with Gasteiger partial charge >= 0.3 is 0 Å². The maximum Gasteiger partial charge on any atom is 0.261 e. The van der Waals surface area contributed by atoms with E-state index in [9.17, 15) is 30.3 Å². The summed E-state index contributed by atoms with van der Waals surface area (Å²) in [6, 6.07) is 12.9. The number of methoxy groups -OCH3 is 4. The van der Waals surface area contributed by atoms with Crippen LogP contribution in [0.3, 0.4) is 0 Å². The molecule has 0 radical (unpaired) electrons. The number of carbonyl (C=O) groups excluding carboxylic acids is 2. The number of nitrogens with two attached hydrogens (primary N) is 1. The molecule has 86 heavy (non-hydrogen) atoms. The molecule has 5 aromatic carbocycles. The zero-order chi connectivity index (χ0) is 60.5. The number of aromatic hydroxyl groups is 2. The Kier molecular flexibility index (Phi) is 14.4. The highest BCUT2D eigenvalue weighted by Gasteiger charge is 2.59. The van der Waals surface area contributed by atoms with Crippen LogP contribution in [0.4, 0.5) is 0 Å². The fourth-order valence-corrected chi connectivity index (χ4v) is 16.1. The number of hydrogen-bond donors (Lipinski definition) is 3. The summed E-state index contributed by atoms with van der Waals surface area (Å²) in [6.45, 7) is 7.98. The van der Waals surface area contributed by atoms with Crippen LogP contribution in [0.25, 0.3) is 0 Å². The number of phenolic OH excluding ortho intramolecular Hbond substituents is 2. The maximum atomic E-state index is 13.8. The zero-order valence-electron chi connectivity index (χ0n) is 49.8. The minimum absolute atomic E-state index is 0.00990. The van der Waals surface area contributed by atoms with Crippen molar-refractivity contribution in [3.63, 3.8) is 0 Å². The molecule has 0 aromatic heterocycles. The minimum Gasteiger partial charge on any atom is -0.507 e. The number of hydrogen-bond acceptors (Lipinski definition) is 21. The van der Waals surface area contributed by atoms with Crippen LogP contribution >= 0.6 is 0 Å². The van der Waals surface area contributed by atoms with Gasteiger partial charge in [0.05, 0.1) is 61.7 Å². The van der Waals surface area contributed by atoms with Crippen LogP contribution in [0.2, 0.25) is 0 Å². The fraction of sp³-hybridized carbons (Fsp3) is 0.469. The first-order chi connectivity index (χ1) is 41.6. The highest BCUT2D eigenvalue weighted by molar-refractivity contribution is 6.21. The Morgan fingerprint density at radius 1 is 0.593 bits per heavy atom. The van der Waals surface area contributed by atoms with Crippen molar-refractivity contribution in [3.05, 3.63) is 114 Å². The predicted molar refractivity (Wildman–Crippen MR) is 308 cm³/mol. The Bertz CT molecular complexity index is 3710. The maximum absolute atomic E-state index is 13.8. The number of nitriles is 2. The van der Waals surface area contributed by atoms with Gasteiger partial charge in [-0.3, -0.25) is 34.1 Å². The number of imide groups is 1. The second-order valence-electron chi connectivity index (χ2n) is 23.6. The molecule has 4 unspecified atom stereocenters. The van der Waals surface area contributed by atoms with Gasteiger partial charge in [-0.05, 0) is 102 Å². The minimum atomic E-state index is -0.691. The average Bonchev–Trinajstić information content (AvgIpc) is 2.66. The van der Waals surface area contributed by atoms with Gasteiger partial charge in [0, 0.05) is 96.0 Å². The SMILES string of the molecule is COCOc1c(OC)c(C)cc2c1[C@@H]1C3Cc4c(O)c(C)c5c(c4[C@H](CN)N3C(C#N)[C@H](C2)N1C)OCO5.COCOc1c(OC)c(C)cc2c1[C@@H]1C3Cc4c(O)c(C)c5c(c4[C@H](CN4C(=O)c6ccccc6C4=O)N3C(C#N)[C@H](C2)N1C)OCO5. The molecule has 22 heteroatoms. The van der Waals surface area contributed by atoms with Crippen LogP contribution in [-0.4, -0.2) is 166 Å². The van der Waals surface area contributed by atoms with E-state index in [0.29, 0.717) is 105 Å². The molecular formula is C64H70N8O14. The van der Waals surface area contributed by atoms with Gasteiger partial charge in [-0.25, -0.2) is 0 Å². The highest BCUT2D eigenvalue weighted by atomic mass is 16.7. The summed E-state index contributed by atoms with van der Waals surface area (Å²) >= 11 is 0. The highest BCUT2D eigenvalue weighted by Crippen LogP contribution is 2.61. The normalized spacial score (nSPS) is 26.1. The summed E-state index contributed by atoms with van der Waals surface area (Å²) in [7, 11) is 10.5. The molecule has 9 aliphatic rings. The summed E-state index contributed by atoms with van der Waals surface area (Å²) in [5.74, 6) is 4.10. The van der Waals surface area contributed by atoms with Gasteiger partial charge in [0.2, 0.25) is 13.6 Å². The van der Waals surface area contributed by atoms with E-state index >= 15 is 0 Å². The standard InChI is InChI=1S/C36H36N4O8.C28H34N4O6/c1-17-10-19-11-23-25(13-37)40-24(29(38(23)3)27(19)33(31(17)45-5)46-15-44-4)12-22-28(34-32(47-16-48-34)18(2)30(22)41)26(40)14-39-35(42)20-8-6-7-9-21(20)36(39)43;1-13-6-15-7-17-19(9-29)32-18(23(31(17)3)21(15)27(25(13)35-5)36-11-34-4)8-16-22(20(32)10-30)28-26(37-12-38-28)14(2)24(16)33/h6-10,23-26,29,41H,11-12,14-16H2,1-5H3;6,17-20,23,33H,7-8,10-12,30H2,1-5H3/t23-,24?,25?,26-,29-;17-,18?,19?,20-,23-/m00/s1. The van der Waals surface area contributed by atoms with Crippen molar-refractivity contribution in [2.75, 3.05) is 82.8 Å². The van der Waals surface area contributed by atoms with E-state index in [1.807, 2.05) is 27.8 Å². The second-order valence-corrected chi connectivity index (χ2v) is 23.6. The number of ether oxygens (including phenoxy) is 10. The van der Waals surface area contributed by atoms with Crippen molar-refractivity contribution in [1.29, 1.82) is 10.5 Å². The van der Waals surface area contributed by atoms with Crippen molar-refractivity contribution in [3.8, 4) is 69.6 Å². The first kappa shape index (κ1) is 57.0. The number of aryl methyl sites for hydroxylation is 2. The van der Waals surface area contributed by atoms with Gasteiger partial charge in [-0.15, -0.1) is 0 Å². The Hall–Kier alpha value is -8.06. The van der Waals surface area contributed by atoms with Crippen LogP contribution in [0.15, 0.2) is 36.4 Å². The van der Waals surface area contributed by atoms with E-state index in [1.54, 1.807) is 59.6 Å². The molecule has 10 atom stereocenters. The van der Waals surface area contributed by atoms with Crippen LogP contribution in [0.1, 0.15) is 112 Å². The third-order valence-electron chi connectivity index (χ3n) is 19.6. The summed E-state index contributed by atoms with van der Waals surface area (Å²) in [5.41, 5.74) is 17.3. The molecule has 450 valence electrons. The van der Waals surface area contributed by atoms with Crippen molar-refractivity contribution in [2.45, 2.75) is 114 Å². The molecule has 0 aliphatic carbocycles. The van der Waals surface area contributed by atoms with Crippen LogP contribution in [-0.2, 0) is 35.2 Å². The first-order valence-electron chi connectivity index (χ1n) is 28.9. The fourth-order valence-electron chi connectivity index (χ4n) is 16.1. The molecule has 9 heterocycles. The smallest absolute Gasteiger partial charge is 0.261 e. The van der Waals surface area contributed by atoms with Gasteiger partial charge in [0.15, 0.2) is 59.6 Å². The van der Waals surface area contributed by atoms with Gasteiger partial charge in [0.1, 0.15) is 23.6 Å². The Labute approximate surface area is 498 Å². The number of carbonyl (C=O) groups is 2.